The number of nitrogens with zero attached hydrogens (tertiary/aromatic N) is 4. The number of carbonyl (C=O) groups is 1. The number of amides is 2. The van der Waals surface area contributed by atoms with Crippen molar-refractivity contribution < 1.29 is 9.18 Å². The summed E-state index contributed by atoms with van der Waals surface area (Å²) in [6.45, 7) is 8.08. The molecule has 162 valence electrons. The molecule has 1 aliphatic heterocycles. The van der Waals surface area contributed by atoms with Crippen molar-refractivity contribution in [2.24, 2.45) is 0 Å². The molecule has 1 saturated heterocycles. The number of benzene rings is 2. The number of hydrogen-bond donors (Lipinski definition) is 1. The number of nitrogens with one attached hydrogen (secondary N) is 1. The number of para-hydroxylation sites is 1. The summed E-state index contributed by atoms with van der Waals surface area (Å²) >= 11 is 1.37. The number of urea groups is 1. The van der Waals surface area contributed by atoms with Crippen LogP contribution in [0.5, 0.6) is 0 Å². The first-order valence-corrected chi connectivity index (χ1v) is 11.1. The van der Waals surface area contributed by atoms with Gasteiger partial charge in [0.05, 0.1) is 0 Å². The second-order valence-electron chi connectivity index (χ2n) is 7.98. The number of hydrogen-bond acceptors (Lipinski definition) is 5. The topological polar surface area (TPSA) is 61.4 Å². The minimum atomic E-state index is -0.246. The molecule has 0 radical (unpaired) electrons. The number of anilines is 2. The third-order valence-corrected chi connectivity index (χ3v) is 6.42. The summed E-state index contributed by atoms with van der Waals surface area (Å²) in [7, 11) is 0. The van der Waals surface area contributed by atoms with Crippen LogP contribution < -0.4 is 10.2 Å². The fraction of sp³-hybridized carbons (Fsp3) is 0.348. The smallest absolute Gasteiger partial charge is 0.322 e. The van der Waals surface area contributed by atoms with Gasteiger partial charge < -0.3 is 15.1 Å². The number of aromatic nitrogens is 2. The highest BCUT2D eigenvalue weighted by Gasteiger charge is 2.29. The van der Waals surface area contributed by atoms with Crippen LogP contribution in [-0.4, -0.2) is 46.0 Å². The van der Waals surface area contributed by atoms with E-state index in [1.54, 1.807) is 12.1 Å². The van der Waals surface area contributed by atoms with Crippen molar-refractivity contribution in [1.82, 2.24) is 14.3 Å². The minimum Gasteiger partial charge on any atom is -0.343 e. The molecule has 8 heteroatoms. The monoisotopic (exact) mass is 439 g/mol. The molecule has 1 fully saturated rings. The molecule has 4 rings (SSSR count). The lowest BCUT2D eigenvalue weighted by Crippen LogP contribution is -2.55. The van der Waals surface area contributed by atoms with E-state index in [9.17, 15) is 9.18 Å². The minimum absolute atomic E-state index is 0.0440. The molecule has 0 spiro atoms. The van der Waals surface area contributed by atoms with Crippen LogP contribution in [0.4, 0.5) is 20.0 Å². The van der Waals surface area contributed by atoms with Gasteiger partial charge >= 0.3 is 6.03 Å². The molecule has 6 nitrogen and oxygen atoms in total. The van der Waals surface area contributed by atoms with Gasteiger partial charge in [-0.05, 0) is 49.6 Å². The third-order valence-electron chi connectivity index (χ3n) is 5.60. The summed E-state index contributed by atoms with van der Waals surface area (Å²) in [6, 6.07) is 12.4. The van der Waals surface area contributed by atoms with E-state index in [0.717, 1.165) is 33.3 Å². The molecule has 0 bridgehead atoms. The first-order valence-electron chi connectivity index (χ1n) is 10.4. The van der Waals surface area contributed by atoms with E-state index < -0.39 is 0 Å². The number of carbonyl (C=O) groups excluding carboxylic acids is 1. The van der Waals surface area contributed by atoms with E-state index in [0.29, 0.717) is 26.1 Å². The fourth-order valence-corrected chi connectivity index (χ4v) is 4.57. The standard InChI is InChI=1S/C23H26FN5OS/c1-15-5-4-6-16(2)21(15)26-22(30)29-12-11-28(14-17(29)3)23-25-20(27-31-23)13-18-7-9-19(24)10-8-18/h4-10,17H,11-14H2,1-3H3,(H,26,30). The molecule has 3 aromatic rings. The quantitative estimate of drug-likeness (QED) is 0.644. The molecule has 0 saturated carbocycles. The summed E-state index contributed by atoms with van der Waals surface area (Å²) < 4.78 is 17.6. The normalized spacial score (nSPS) is 16.5. The summed E-state index contributed by atoms with van der Waals surface area (Å²) in [5, 5.41) is 3.94. The van der Waals surface area contributed by atoms with Gasteiger partial charge in [0, 0.05) is 49.3 Å². The fourth-order valence-electron chi connectivity index (χ4n) is 3.85. The summed E-state index contributed by atoms with van der Waals surface area (Å²) in [4.78, 5) is 21.6. The van der Waals surface area contributed by atoms with Crippen molar-refractivity contribution in [3.8, 4) is 0 Å². The van der Waals surface area contributed by atoms with Crippen molar-refractivity contribution in [2.45, 2.75) is 33.2 Å². The molecule has 1 unspecified atom stereocenters. The first-order chi connectivity index (χ1) is 14.9. The van der Waals surface area contributed by atoms with Crippen LogP contribution in [0.2, 0.25) is 0 Å². The van der Waals surface area contributed by atoms with Crippen molar-refractivity contribution in [2.75, 3.05) is 29.9 Å². The van der Waals surface area contributed by atoms with Crippen LogP contribution in [-0.2, 0) is 6.42 Å². The molecule has 1 atom stereocenters. The van der Waals surface area contributed by atoms with Gasteiger partial charge in [0.1, 0.15) is 11.6 Å². The van der Waals surface area contributed by atoms with Gasteiger partial charge in [0.2, 0.25) is 5.13 Å². The second-order valence-corrected chi connectivity index (χ2v) is 8.71. The highest BCUT2D eigenvalue weighted by atomic mass is 32.1. The Hall–Kier alpha value is -3.00. The highest BCUT2D eigenvalue weighted by Crippen LogP contribution is 2.24. The van der Waals surface area contributed by atoms with E-state index in [4.69, 9.17) is 0 Å². The Balaban J connectivity index is 1.37. The molecular formula is C23H26FN5OS. The maximum atomic E-state index is 13.1. The average Bonchev–Trinajstić information content (AvgIpc) is 3.21. The zero-order valence-corrected chi connectivity index (χ0v) is 18.7. The Labute approximate surface area is 185 Å². The van der Waals surface area contributed by atoms with Gasteiger partial charge in [0.15, 0.2) is 0 Å². The van der Waals surface area contributed by atoms with Crippen LogP contribution in [0.3, 0.4) is 0 Å². The molecule has 1 aromatic heterocycles. The van der Waals surface area contributed by atoms with Gasteiger partial charge in [-0.1, -0.05) is 30.3 Å². The molecule has 2 aromatic carbocycles. The third kappa shape index (κ3) is 4.85. The Morgan fingerprint density at radius 2 is 1.87 bits per heavy atom. The Morgan fingerprint density at radius 1 is 1.16 bits per heavy atom. The molecule has 1 aliphatic rings. The molecule has 2 heterocycles. The van der Waals surface area contributed by atoms with Gasteiger partial charge in [-0.2, -0.15) is 4.37 Å². The molecule has 1 N–H and O–H groups in total. The zero-order valence-electron chi connectivity index (χ0n) is 17.9. The average molecular weight is 440 g/mol. The largest absolute Gasteiger partial charge is 0.343 e. The van der Waals surface area contributed by atoms with Crippen LogP contribution in [0.1, 0.15) is 29.4 Å². The highest BCUT2D eigenvalue weighted by molar-refractivity contribution is 7.09. The van der Waals surface area contributed by atoms with E-state index in [1.807, 2.05) is 36.9 Å². The van der Waals surface area contributed by atoms with Crippen LogP contribution >= 0.6 is 11.5 Å². The predicted octanol–water partition coefficient (Wildman–Crippen LogP) is 4.63. The Kier molecular flexibility index (Phi) is 6.18. The first kappa shape index (κ1) is 21.2. The number of halogens is 1. The van der Waals surface area contributed by atoms with E-state index in [1.165, 1.54) is 23.7 Å². The summed E-state index contributed by atoms with van der Waals surface area (Å²) in [5.41, 5.74) is 3.98. The summed E-state index contributed by atoms with van der Waals surface area (Å²) in [6.07, 6.45) is 0.574. The van der Waals surface area contributed by atoms with E-state index in [-0.39, 0.29) is 17.9 Å². The molecule has 0 aliphatic carbocycles. The second kappa shape index (κ2) is 9.01. The number of piperazine rings is 1. The summed E-state index contributed by atoms with van der Waals surface area (Å²) in [5.74, 6) is 0.485. The molecule has 2 amide bonds. The van der Waals surface area contributed by atoms with E-state index >= 15 is 0 Å². The van der Waals surface area contributed by atoms with Crippen molar-refractivity contribution in [1.29, 1.82) is 0 Å². The lowest BCUT2D eigenvalue weighted by Gasteiger charge is -2.39. The Morgan fingerprint density at radius 3 is 2.55 bits per heavy atom. The lowest BCUT2D eigenvalue weighted by atomic mass is 10.1. The number of rotatable bonds is 4. The molecular weight excluding hydrogens is 413 g/mol. The zero-order chi connectivity index (χ0) is 22.0. The molecule has 31 heavy (non-hydrogen) atoms. The maximum absolute atomic E-state index is 13.1. The lowest BCUT2D eigenvalue weighted by molar-refractivity contribution is 0.185. The van der Waals surface area contributed by atoms with Crippen LogP contribution in [0.15, 0.2) is 42.5 Å². The van der Waals surface area contributed by atoms with Gasteiger partial charge in [-0.25, -0.2) is 14.2 Å². The Bertz CT molecular complexity index is 1050. The maximum Gasteiger partial charge on any atom is 0.322 e. The van der Waals surface area contributed by atoms with Gasteiger partial charge in [-0.15, -0.1) is 0 Å². The predicted molar refractivity (Wildman–Crippen MR) is 122 cm³/mol. The van der Waals surface area contributed by atoms with Crippen molar-refractivity contribution in [3.63, 3.8) is 0 Å². The SMILES string of the molecule is Cc1cccc(C)c1NC(=O)N1CCN(c2nc(Cc3ccc(F)cc3)ns2)CC1C. The van der Waals surface area contributed by atoms with Crippen LogP contribution in [0.25, 0.3) is 0 Å². The van der Waals surface area contributed by atoms with Crippen LogP contribution in [0, 0.1) is 19.7 Å². The number of aryl methyl sites for hydroxylation is 2. The van der Waals surface area contributed by atoms with Crippen molar-refractivity contribution >= 4 is 28.4 Å². The van der Waals surface area contributed by atoms with E-state index in [2.05, 4.69) is 26.5 Å². The van der Waals surface area contributed by atoms with Gasteiger partial charge in [0.25, 0.3) is 0 Å². The van der Waals surface area contributed by atoms with Gasteiger partial charge in [-0.3, -0.25) is 0 Å². The van der Waals surface area contributed by atoms with Crippen molar-refractivity contribution in [3.05, 3.63) is 70.8 Å².